The maximum atomic E-state index is 12.2. The fourth-order valence-electron chi connectivity index (χ4n) is 3.15. The van der Waals surface area contributed by atoms with Gasteiger partial charge in [0.2, 0.25) is 11.8 Å². The van der Waals surface area contributed by atoms with Gasteiger partial charge >= 0.3 is 0 Å². The molecule has 4 heteroatoms. The zero-order valence-corrected chi connectivity index (χ0v) is 15.6. The molecule has 0 unspecified atom stereocenters. The Morgan fingerprint density at radius 2 is 1.71 bits per heavy atom. The van der Waals surface area contributed by atoms with Gasteiger partial charge in [-0.15, -0.1) is 0 Å². The molecule has 4 rings (SSSR count). The van der Waals surface area contributed by atoms with E-state index in [0.717, 1.165) is 33.5 Å². The maximum absolute atomic E-state index is 12.2. The van der Waals surface area contributed by atoms with Crippen molar-refractivity contribution in [3.05, 3.63) is 96.4 Å². The second-order valence-electron chi connectivity index (χ2n) is 6.65. The number of hydrogen-bond donors (Lipinski definition) is 1. The molecule has 0 atom stereocenters. The third kappa shape index (κ3) is 4.01. The highest BCUT2D eigenvalue weighted by atomic mass is 16.3. The van der Waals surface area contributed by atoms with Crippen molar-refractivity contribution < 1.29 is 9.21 Å². The van der Waals surface area contributed by atoms with Crippen molar-refractivity contribution in [1.82, 2.24) is 4.98 Å². The first-order chi connectivity index (χ1) is 13.7. The van der Waals surface area contributed by atoms with Gasteiger partial charge in [-0.25, -0.2) is 4.98 Å². The average Bonchev–Trinajstić information content (AvgIpc) is 3.25. The van der Waals surface area contributed by atoms with Crippen LogP contribution in [-0.4, -0.2) is 10.9 Å². The number of carbonyl (C=O) groups excluding carboxylic acids is 1. The summed E-state index contributed by atoms with van der Waals surface area (Å²) in [6.07, 6.45) is 3.57. The van der Waals surface area contributed by atoms with Crippen LogP contribution in [0.1, 0.15) is 11.1 Å². The quantitative estimate of drug-likeness (QED) is 0.506. The number of anilines is 1. The molecule has 0 aliphatic rings. The Bertz CT molecular complexity index is 1070. The standard InChI is InChI=1S/C24H20N2O2/c1-17-7-8-20(24-25-13-14-28-24)16-22(17)19-9-11-21(12-10-19)26-23(27)15-18-5-3-2-4-6-18/h2-14,16H,15H2,1H3,(H,26,27). The smallest absolute Gasteiger partial charge is 0.228 e. The number of aromatic nitrogens is 1. The Kier molecular flexibility index (Phi) is 5.02. The molecule has 0 radical (unpaired) electrons. The van der Waals surface area contributed by atoms with Gasteiger partial charge in [0.25, 0.3) is 0 Å². The number of nitrogens with zero attached hydrogens (tertiary/aromatic N) is 1. The predicted octanol–water partition coefficient (Wildman–Crippen LogP) is 5.50. The van der Waals surface area contributed by atoms with Crippen LogP contribution in [0.2, 0.25) is 0 Å². The summed E-state index contributed by atoms with van der Waals surface area (Å²) in [6.45, 7) is 2.07. The first-order valence-corrected chi connectivity index (χ1v) is 9.14. The number of rotatable bonds is 5. The lowest BCUT2D eigenvalue weighted by Crippen LogP contribution is -2.14. The van der Waals surface area contributed by atoms with E-state index in [1.54, 1.807) is 12.5 Å². The minimum atomic E-state index is -0.0268. The monoisotopic (exact) mass is 368 g/mol. The molecule has 3 aromatic carbocycles. The van der Waals surface area contributed by atoms with E-state index in [4.69, 9.17) is 4.42 Å². The van der Waals surface area contributed by atoms with Crippen LogP contribution in [0.25, 0.3) is 22.6 Å². The van der Waals surface area contributed by atoms with E-state index in [-0.39, 0.29) is 5.91 Å². The minimum Gasteiger partial charge on any atom is -0.445 e. The fraction of sp³-hybridized carbons (Fsp3) is 0.0833. The Balaban J connectivity index is 1.50. The third-order valence-electron chi connectivity index (χ3n) is 4.60. The second-order valence-corrected chi connectivity index (χ2v) is 6.65. The summed E-state index contributed by atoms with van der Waals surface area (Å²) in [7, 11) is 0. The van der Waals surface area contributed by atoms with Crippen molar-refractivity contribution in [1.29, 1.82) is 0 Å². The van der Waals surface area contributed by atoms with Crippen molar-refractivity contribution in [2.75, 3.05) is 5.32 Å². The normalized spacial score (nSPS) is 10.6. The molecule has 0 fully saturated rings. The van der Waals surface area contributed by atoms with Crippen molar-refractivity contribution in [3.8, 4) is 22.6 Å². The van der Waals surface area contributed by atoms with Crippen LogP contribution in [-0.2, 0) is 11.2 Å². The first kappa shape index (κ1) is 17.7. The lowest BCUT2D eigenvalue weighted by atomic mass is 9.98. The van der Waals surface area contributed by atoms with Crippen molar-refractivity contribution in [3.63, 3.8) is 0 Å². The average molecular weight is 368 g/mol. The predicted molar refractivity (Wildman–Crippen MR) is 111 cm³/mol. The van der Waals surface area contributed by atoms with E-state index in [0.29, 0.717) is 12.3 Å². The zero-order valence-electron chi connectivity index (χ0n) is 15.6. The van der Waals surface area contributed by atoms with Gasteiger partial charge in [-0.1, -0.05) is 48.5 Å². The van der Waals surface area contributed by atoms with Gasteiger partial charge in [0, 0.05) is 11.3 Å². The topological polar surface area (TPSA) is 55.1 Å². The van der Waals surface area contributed by atoms with Gasteiger partial charge in [-0.3, -0.25) is 4.79 Å². The summed E-state index contributed by atoms with van der Waals surface area (Å²) in [5.74, 6) is 0.576. The molecule has 1 aromatic heterocycles. The molecule has 0 spiro atoms. The molecule has 138 valence electrons. The Morgan fingerprint density at radius 3 is 2.43 bits per heavy atom. The van der Waals surface area contributed by atoms with Crippen LogP contribution in [0.15, 0.2) is 89.7 Å². The number of benzene rings is 3. The molecule has 4 aromatic rings. The van der Waals surface area contributed by atoms with E-state index < -0.39 is 0 Å². The summed E-state index contributed by atoms with van der Waals surface area (Å²) in [4.78, 5) is 16.5. The first-order valence-electron chi connectivity index (χ1n) is 9.14. The fourth-order valence-corrected chi connectivity index (χ4v) is 3.15. The van der Waals surface area contributed by atoms with E-state index >= 15 is 0 Å². The summed E-state index contributed by atoms with van der Waals surface area (Å²) >= 11 is 0. The second kappa shape index (κ2) is 7.92. The van der Waals surface area contributed by atoms with Gasteiger partial charge in [-0.2, -0.15) is 0 Å². The molecule has 0 saturated heterocycles. The molecule has 4 nitrogen and oxygen atoms in total. The summed E-state index contributed by atoms with van der Waals surface area (Å²) in [5.41, 5.74) is 6.06. The summed E-state index contributed by atoms with van der Waals surface area (Å²) in [5, 5.41) is 2.95. The van der Waals surface area contributed by atoms with Gasteiger partial charge < -0.3 is 9.73 Å². The highest BCUT2D eigenvalue weighted by molar-refractivity contribution is 5.92. The van der Waals surface area contributed by atoms with Crippen LogP contribution in [0.5, 0.6) is 0 Å². The Morgan fingerprint density at radius 1 is 0.964 bits per heavy atom. The lowest BCUT2D eigenvalue weighted by molar-refractivity contribution is -0.115. The number of hydrogen-bond acceptors (Lipinski definition) is 3. The van der Waals surface area contributed by atoms with Crippen molar-refractivity contribution in [2.24, 2.45) is 0 Å². The van der Waals surface area contributed by atoms with Crippen molar-refractivity contribution in [2.45, 2.75) is 13.3 Å². The molecule has 0 aliphatic carbocycles. The molecule has 0 bridgehead atoms. The number of carbonyl (C=O) groups is 1. The van der Waals surface area contributed by atoms with Crippen LogP contribution in [0, 0.1) is 6.92 Å². The third-order valence-corrected chi connectivity index (χ3v) is 4.60. The molecular weight excluding hydrogens is 348 g/mol. The number of amides is 1. The zero-order chi connectivity index (χ0) is 19.3. The Labute approximate surface area is 163 Å². The molecule has 1 N–H and O–H groups in total. The SMILES string of the molecule is Cc1ccc(-c2ncco2)cc1-c1ccc(NC(=O)Cc2ccccc2)cc1. The van der Waals surface area contributed by atoms with Gasteiger partial charge in [-0.05, 0) is 53.4 Å². The van der Waals surface area contributed by atoms with Crippen LogP contribution in [0.4, 0.5) is 5.69 Å². The van der Waals surface area contributed by atoms with E-state index in [2.05, 4.69) is 29.4 Å². The van der Waals surface area contributed by atoms with Crippen LogP contribution >= 0.6 is 0 Å². The number of nitrogens with one attached hydrogen (secondary N) is 1. The van der Waals surface area contributed by atoms with E-state index in [1.165, 1.54) is 0 Å². The molecule has 0 aliphatic heterocycles. The Hall–Kier alpha value is -3.66. The summed E-state index contributed by atoms with van der Waals surface area (Å²) in [6, 6.07) is 23.7. The molecule has 1 heterocycles. The minimum absolute atomic E-state index is 0.0268. The highest BCUT2D eigenvalue weighted by Gasteiger charge is 2.09. The number of oxazole rings is 1. The maximum Gasteiger partial charge on any atom is 0.228 e. The largest absolute Gasteiger partial charge is 0.445 e. The van der Waals surface area contributed by atoms with Crippen LogP contribution in [0.3, 0.4) is 0 Å². The van der Waals surface area contributed by atoms with Gasteiger partial charge in [0.15, 0.2) is 0 Å². The molecular formula is C24H20N2O2. The van der Waals surface area contributed by atoms with E-state index in [9.17, 15) is 4.79 Å². The van der Waals surface area contributed by atoms with Gasteiger partial charge in [0.1, 0.15) is 6.26 Å². The number of aryl methyl sites for hydroxylation is 1. The molecule has 0 saturated carbocycles. The van der Waals surface area contributed by atoms with Crippen LogP contribution < -0.4 is 5.32 Å². The summed E-state index contributed by atoms with van der Waals surface area (Å²) < 4.78 is 5.40. The molecule has 1 amide bonds. The highest BCUT2D eigenvalue weighted by Crippen LogP contribution is 2.29. The van der Waals surface area contributed by atoms with E-state index in [1.807, 2.05) is 60.7 Å². The van der Waals surface area contributed by atoms with Crippen molar-refractivity contribution >= 4 is 11.6 Å². The molecule has 28 heavy (non-hydrogen) atoms. The lowest BCUT2D eigenvalue weighted by Gasteiger charge is -2.10. The van der Waals surface area contributed by atoms with Gasteiger partial charge in [0.05, 0.1) is 12.6 Å².